The molecule has 10 N–H and O–H groups in total. The van der Waals surface area contributed by atoms with E-state index >= 15 is 0 Å². The zero-order valence-corrected chi connectivity index (χ0v) is 15.0. The molecule has 2 heterocycles. The summed E-state index contributed by atoms with van der Waals surface area (Å²) in [6.45, 7) is -1.53. The van der Waals surface area contributed by atoms with Gasteiger partial charge in [-0.25, -0.2) is 4.79 Å². The van der Waals surface area contributed by atoms with Crippen LogP contribution in [0, 0.1) is 0 Å². The zero-order chi connectivity index (χ0) is 22.1. The molecule has 14 heteroatoms. The topological polar surface area (TPSA) is 247 Å². The third-order valence-corrected chi connectivity index (χ3v) is 4.89. The Bertz CT molecular complexity index is 559. The highest BCUT2D eigenvalue weighted by Crippen LogP contribution is 2.30. The van der Waals surface area contributed by atoms with Crippen molar-refractivity contribution in [2.45, 2.75) is 73.4 Å². The first kappa shape index (κ1) is 24.3. The highest BCUT2D eigenvalue weighted by Gasteiger charge is 2.53. The van der Waals surface area contributed by atoms with Crippen LogP contribution in [0.4, 0.5) is 0 Å². The smallest absolute Gasteiger partial charge is 0.364 e. The molecular formula is C15H26O14. The van der Waals surface area contributed by atoms with Gasteiger partial charge in [0, 0.05) is 6.42 Å². The molecule has 0 aliphatic carbocycles. The van der Waals surface area contributed by atoms with Crippen molar-refractivity contribution in [3.05, 3.63) is 0 Å². The molecule has 2 rings (SSSR count). The number of rotatable bonds is 7. The molecule has 0 radical (unpaired) electrons. The van der Waals surface area contributed by atoms with Crippen molar-refractivity contribution in [1.29, 1.82) is 0 Å². The van der Waals surface area contributed by atoms with Gasteiger partial charge in [-0.2, -0.15) is 0 Å². The van der Waals surface area contributed by atoms with Crippen molar-refractivity contribution in [1.82, 2.24) is 0 Å². The molecule has 0 unspecified atom stereocenters. The van der Waals surface area contributed by atoms with Gasteiger partial charge in [-0.05, 0) is 0 Å². The van der Waals surface area contributed by atoms with Crippen LogP contribution in [0.25, 0.3) is 0 Å². The molecule has 0 bridgehead atoms. The Morgan fingerprint density at radius 3 is 2.24 bits per heavy atom. The molecule has 2 aliphatic rings. The number of carboxylic acids is 1. The fraction of sp³-hybridized carbons (Fsp3) is 0.933. The van der Waals surface area contributed by atoms with Crippen molar-refractivity contribution >= 4 is 5.97 Å². The summed E-state index contributed by atoms with van der Waals surface area (Å²) in [7, 11) is 0. The van der Waals surface area contributed by atoms with E-state index in [4.69, 9.17) is 24.4 Å². The number of aliphatic carboxylic acids is 1. The summed E-state index contributed by atoms with van der Waals surface area (Å²) in [6, 6.07) is 0. The number of aliphatic hydroxyl groups excluding tert-OH is 8. The number of carbonyl (C=O) groups is 1. The predicted octanol–water partition coefficient (Wildman–Crippen LogP) is -6.19. The number of hydrogen-bond acceptors (Lipinski definition) is 13. The summed E-state index contributed by atoms with van der Waals surface area (Å²) in [5, 5.41) is 97.1. The number of ether oxygens (including phenoxy) is 3. The van der Waals surface area contributed by atoms with E-state index in [0.717, 1.165) is 0 Å². The molecule has 11 atom stereocenters. The van der Waals surface area contributed by atoms with E-state index in [0.29, 0.717) is 0 Å². The van der Waals surface area contributed by atoms with Gasteiger partial charge in [-0.15, -0.1) is 0 Å². The van der Waals surface area contributed by atoms with Crippen molar-refractivity contribution in [2.24, 2.45) is 0 Å². The van der Waals surface area contributed by atoms with E-state index in [1.807, 2.05) is 0 Å². The van der Waals surface area contributed by atoms with Gasteiger partial charge in [0.25, 0.3) is 5.79 Å². The van der Waals surface area contributed by atoms with Crippen LogP contribution in [0.2, 0.25) is 0 Å². The number of carboxylic acid groups (broad SMARTS) is 1. The fourth-order valence-corrected chi connectivity index (χ4v) is 3.09. The van der Waals surface area contributed by atoms with Crippen molar-refractivity contribution in [2.75, 3.05) is 13.2 Å². The van der Waals surface area contributed by atoms with E-state index in [9.17, 15) is 45.6 Å². The highest BCUT2D eigenvalue weighted by molar-refractivity contribution is 5.75. The monoisotopic (exact) mass is 430 g/mol. The minimum atomic E-state index is -2.91. The quantitative estimate of drug-likeness (QED) is 0.180. The summed E-state index contributed by atoms with van der Waals surface area (Å²) in [4.78, 5) is 11.1. The maximum absolute atomic E-state index is 11.1. The molecule has 2 aliphatic heterocycles. The van der Waals surface area contributed by atoms with Crippen LogP contribution in [-0.2, 0) is 19.0 Å². The van der Waals surface area contributed by atoms with Crippen LogP contribution in [0.3, 0.4) is 0 Å². The molecular weight excluding hydrogens is 404 g/mol. The van der Waals surface area contributed by atoms with E-state index in [-0.39, 0.29) is 0 Å². The average molecular weight is 430 g/mol. The lowest BCUT2D eigenvalue weighted by Crippen LogP contribution is -2.63. The fourth-order valence-electron chi connectivity index (χ4n) is 3.09. The summed E-state index contributed by atoms with van der Waals surface area (Å²) >= 11 is 0. The molecule has 14 nitrogen and oxygen atoms in total. The Labute approximate surface area is 163 Å². The van der Waals surface area contributed by atoms with Crippen LogP contribution < -0.4 is 0 Å². The van der Waals surface area contributed by atoms with Gasteiger partial charge in [-0.3, -0.25) is 0 Å². The molecule has 0 aromatic heterocycles. The minimum Gasteiger partial charge on any atom is -0.477 e. The van der Waals surface area contributed by atoms with Crippen LogP contribution in [-0.4, -0.2) is 137 Å². The summed E-state index contributed by atoms with van der Waals surface area (Å²) in [5.74, 6) is -4.80. The molecule has 170 valence electrons. The van der Waals surface area contributed by atoms with Crippen molar-refractivity contribution < 1.29 is 70.1 Å². The lowest BCUT2D eigenvalue weighted by molar-refractivity contribution is -0.321. The molecule has 29 heavy (non-hydrogen) atoms. The average Bonchev–Trinajstić information content (AvgIpc) is 2.67. The van der Waals surface area contributed by atoms with Gasteiger partial charge >= 0.3 is 5.97 Å². The predicted molar refractivity (Wildman–Crippen MR) is 85.8 cm³/mol. The lowest BCUT2D eigenvalue weighted by atomic mass is 9.91. The Morgan fingerprint density at radius 1 is 1.07 bits per heavy atom. The normalized spacial score (nSPS) is 45.6. The number of hydrogen-bond donors (Lipinski definition) is 10. The molecule has 0 aromatic carbocycles. The molecule has 0 amide bonds. The van der Waals surface area contributed by atoms with Gasteiger partial charge in [0.2, 0.25) is 0 Å². The van der Waals surface area contributed by atoms with E-state index < -0.39 is 92.6 Å². The zero-order valence-electron chi connectivity index (χ0n) is 15.0. The maximum Gasteiger partial charge on any atom is 0.364 e. The van der Waals surface area contributed by atoms with Crippen LogP contribution >= 0.6 is 0 Å². The Morgan fingerprint density at radius 2 is 1.69 bits per heavy atom. The van der Waals surface area contributed by atoms with E-state index in [2.05, 4.69) is 0 Å². The second-order valence-corrected chi connectivity index (χ2v) is 7.02. The second kappa shape index (κ2) is 9.42. The Kier molecular flexibility index (Phi) is 7.88. The van der Waals surface area contributed by atoms with Gasteiger partial charge in [0.1, 0.15) is 48.8 Å². The Hall–Kier alpha value is -1.01. The highest BCUT2D eigenvalue weighted by atomic mass is 16.7. The lowest BCUT2D eigenvalue weighted by Gasteiger charge is -2.43. The summed E-state index contributed by atoms with van der Waals surface area (Å²) < 4.78 is 14.9. The molecule has 2 saturated heterocycles. The van der Waals surface area contributed by atoms with Crippen molar-refractivity contribution in [3.8, 4) is 0 Å². The van der Waals surface area contributed by atoms with Crippen LogP contribution in [0.5, 0.6) is 0 Å². The second-order valence-electron chi connectivity index (χ2n) is 7.02. The first-order valence-electron chi connectivity index (χ1n) is 8.71. The standard InChI is InChI=1S/C15H26O14/c16-2-6-9(21)10(22)11(23)13(28-6)27-3-5(18)8(20)12-7(19)4(17)1-15(26,29-12)14(24)25/h4-13,16-23,26H,1-3H2,(H,24,25)/t4-,5+,6+,7+,8+,9-,10-,11+,12+,13+,15-/m0/s1. The summed E-state index contributed by atoms with van der Waals surface area (Å²) in [6.07, 6.45) is -18.4. The van der Waals surface area contributed by atoms with Crippen molar-refractivity contribution in [3.63, 3.8) is 0 Å². The number of aliphatic hydroxyl groups is 9. The van der Waals surface area contributed by atoms with Gasteiger partial charge in [0.15, 0.2) is 6.29 Å². The molecule has 0 aromatic rings. The van der Waals surface area contributed by atoms with E-state index in [1.54, 1.807) is 0 Å². The SMILES string of the molecule is O=C(O)[C@]1(O)C[C@H](O)[C@@H](O)[C@H]([C@H](O)[C@H](O)CO[C@@H]2O[C@H](CO)[C@H](O)[C@H](O)[C@H]2O)O1. The van der Waals surface area contributed by atoms with E-state index in [1.165, 1.54) is 0 Å². The molecule has 2 fully saturated rings. The molecule has 0 saturated carbocycles. The Balaban J connectivity index is 2.00. The third kappa shape index (κ3) is 5.01. The summed E-state index contributed by atoms with van der Waals surface area (Å²) in [5.41, 5.74) is 0. The van der Waals surface area contributed by atoms with Crippen LogP contribution in [0.15, 0.2) is 0 Å². The van der Waals surface area contributed by atoms with Gasteiger partial charge < -0.3 is 65.3 Å². The van der Waals surface area contributed by atoms with Gasteiger partial charge in [0.05, 0.1) is 19.3 Å². The maximum atomic E-state index is 11.1. The first-order chi connectivity index (χ1) is 13.4. The largest absolute Gasteiger partial charge is 0.477 e. The third-order valence-electron chi connectivity index (χ3n) is 4.89. The minimum absolute atomic E-state index is 0.719. The first-order valence-corrected chi connectivity index (χ1v) is 8.71. The molecule has 0 spiro atoms. The van der Waals surface area contributed by atoms with Crippen LogP contribution in [0.1, 0.15) is 6.42 Å². The van der Waals surface area contributed by atoms with Gasteiger partial charge in [-0.1, -0.05) is 0 Å².